The first-order chi connectivity index (χ1) is 18.9. The minimum Gasteiger partial charge on any atom is -0.508 e. The molecule has 0 saturated heterocycles. The SMILES string of the molecule is COc1ccc(C(CCc2ccc(O)cc2OC)c2c(/C=C/c3ccc(O)cc3)cc(OC)cc2OC)cc1. The summed E-state index contributed by atoms with van der Waals surface area (Å²) in [7, 11) is 6.57. The van der Waals surface area contributed by atoms with Crippen molar-refractivity contribution in [2.45, 2.75) is 18.8 Å². The molecule has 4 aromatic carbocycles. The van der Waals surface area contributed by atoms with Gasteiger partial charge in [-0.2, -0.15) is 0 Å². The highest BCUT2D eigenvalue weighted by atomic mass is 16.5. The van der Waals surface area contributed by atoms with Gasteiger partial charge in [0.2, 0.25) is 0 Å². The van der Waals surface area contributed by atoms with Gasteiger partial charge < -0.3 is 29.2 Å². The molecule has 0 saturated carbocycles. The van der Waals surface area contributed by atoms with Crippen molar-refractivity contribution in [2.75, 3.05) is 28.4 Å². The van der Waals surface area contributed by atoms with Crippen LogP contribution >= 0.6 is 0 Å². The van der Waals surface area contributed by atoms with E-state index < -0.39 is 0 Å². The Balaban J connectivity index is 1.83. The fourth-order valence-electron chi connectivity index (χ4n) is 4.74. The lowest BCUT2D eigenvalue weighted by molar-refractivity contribution is 0.388. The van der Waals surface area contributed by atoms with Gasteiger partial charge in [-0.1, -0.05) is 42.5 Å². The molecule has 0 aliphatic carbocycles. The Labute approximate surface area is 229 Å². The van der Waals surface area contributed by atoms with Crippen molar-refractivity contribution in [1.29, 1.82) is 0 Å². The summed E-state index contributed by atoms with van der Waals surface area (Å²) in [6.07, 6.45) is 5.50. The first-order valence-corrected chi connectivity index (χ1v) is 12.7. The Morgan fingerprint density at radius 3 is 1.95 bits per heavy atom. The van der Waals surface area contributed by atoms with Crippen molar-refractivity contribution in [1.82, 2.24) is 0 Å². The predicted molar refractivity (Wildman–Crippen MR) is 154 cm³/mol. The molecule has 0 aliphatic rings. The number of phenolic OH excluding ortho intramolecular Hbond substituents is 2. The average Bonchev–Trinajstić information content (AvgIpc) is 2.97. The van der Waals surface area contributed by atoms with Crippen LogP contribution in [0.15, 0.2) is 78.9 Å². The highest BCUT2D eigenvalue weighted by Crippen LogP contribution is 2.42. The van der Waals surface area contributed by atoms with E-state index in [4.69, 9.17) is 18.9 Å². The van der Waals surface area contributed by atoms with E-state index in [-0.39, 0.29) is 17.4 Å². The van der Waals surface area contributed by atoms with E-state index in [2.05, 4.69) is 12.1 Å². The van der Waals surface area contributed by atoms with Gasteiger partial charge >= 0.3 is 0 Å². The lowest BCUT2D eigenvalue weighted by atomic mass is 9.82. The molecule has 4 rings (SSSR count). The summed E-state index contributed by atoms with van der Waals surface area (Å²) in [5, 5.41) is 19.6. The molecule has 2 N–H and O–H groups in total. The van der Waals surface area contributed by atoms with Crippen LogP contribution in [0.2, 0.25) is 0 Å². The summed E-state index contributed by atoms with van der Waals surface area (Å²) < 4.78 is 22.5. The number of hydrogen-bond acceptors (Lipinski definition) is 6. The van der Waals surface area contributed by atoms with E-state index in [0.29, 0.717) is 17.9 Å². The molecule has 0 spiro atoms. The second-order valence-corrected chi connectivity index (χ2v) is 9.12. The van der Waals surface area contributed by atoms with Gasteiger partial charge in [-0.3, -0.25) is 0 Å². The highest BCUT2D eigenvalue weighted by Gasteiger charge is 2.23. The van der Waals surface area contributed by atoms with Crippen LogP contribution in [0.3, 0.4) is 0 Å². The van der Waals surface area contributed by atoms with Gasteiger partial charge in [0.1, 0.15) is 34.5 Å². The number of benzene rings is 4. The summed E-state index contributed by atoms with van der Waals surface area (Å²) in [6.45, 7) is 0. The van der Waals surface area contributed by atoms with Gasteiger partial charge in [-0.15, -0.1) is 0 Å². The zero-order chi connectivity index (χ0) is 27.8. The van der Waals surface area contributed by atoms with E-state index in [1.807, 2.05) is 54.6 Å². The third-order valence-corrected chi connectivity index (χ3v) is 6.79. The van der Waals surface area contributed by atoms with E-state index in [1.165, 1.54) is 0 Å². The second-order valence-electron chi connectivity index (χ2n) is 9.12. The number of rotatable bonds is 11. The maximum absolute atomic E-state index is 9.93. The number of methoxy groups -OCH3 is 4. The fraction of sp³-hybridized carbons (Fsp3) is 0.212. The van der Waals surface area contributed by atoms with Crippen molar-refractivity contribution < 1.29 is 29.2 Å². The molecule has 0 bridgehead atoms. The standard InChI is InChI=1S/C33H34O6/c1-36-28-16-10-23(11-17-28)30(18-12-24-9-15-27(35)20-31(24)38-3)33-25(19-29(37-2)21-32(33)39-4)8-5-22-6-13-26(34)14-7-22/h5-11,13-17,19-21,30,34-35H,12,18H2,1-4H3/b8-5+. The monoisotopic (exact) mass is 526 g/mol. The predicted octanol–water partition coefficient (Wildman–Crippen LogP) is 7.07. The number of phenols is 2. The summed E-state index contributed by atoms with van der Waals surface area (Å²) >= 11 is 0. The third-order valence-electron chi connectivity index (χ3n) is 6.79. The van der Waals surface area contributed by atoms with E-state index in [9.17, 15) is 10.2 Å². The maximum atomic E-state index is 9.93. The Morgan fingerprint density at radius 2 is 1.31 bits per heavy atom. The van der Waals surface area contributed by atoms with Gasteiger partial charge in [0.05, 0.1) is 28.4 Å². The molecule has 0 fully saturated rings. The fourth-order valence-corrected chi connectivity index (χ4v) is 4.74. The summed E-state index contributed by atoms with van der Waals surface area (Å²) in [6, 6.07) is 24.3. The van der Waals surface area contributed by atoms with Crippen molar-refractivity contribution >= 4 is 12.2 Å². The van der Waals surface area contributed by atoms with Crippen LogP contribution in [0, 0.1) is 0 Å². The number of aromatic hydroxyl groups is 2. The van der Waals surface area contributed by atoms with Crippen molar-refractivity contribution in [3.05, 3.63) is 107 Å². The molecular weight excluding hydrogens is 492 g/mol. The maximum Gasteiger partial charge on any atom is 0.126 e. The third kappa shape index (κ3) is 6.65. The van der Waals surface area contributed by atoms with Gasteiger partial charge in [-0.25, -0.2) is 0 Å². The van der Waals surface area contributed by atoms with Gasteiger partial charge in [0.15, 0.2) is 0 Å². The van der Waals surface area contributed by atoms with Crippen LogP contribution in [0.1, 0.15) is 40.2 Å². The minimum absolute atomic E-state index is 0.0465. The first-order valence-electron chi connectivity index (χ1n) is 12.7. The molecule has 0 aliphatic heterocycles. The lowest BCUT2D eigenvalue weighted by Gasteiger charge is -2.24. The average molecular weight is 527 g/mol. The zero-order valence-electron chi connectivity index (χ0n) is 22.7. The van der Waals surface area contributed by atoms with Crippen LogP contribution in [-0.4, -0.2) is 38.7 Å². The molecule has 4 aromatic rings. The molecule has 0 heterocycles. The van der Waals surface area contributed by atoms with Gasteiger partial charge in [-0.05, 0) is 71.5 Å². The molecular formula is C33H34O6. The van der Waals surface area contributed by atoms with Gasteiger partial charge in [0, 0.05) is 23.6 Å². The van der Waals surface area contributed by atoms with Crippen LogP contribution in [0.5, 0.6) is 34.5 Å². The lowest BCUT2D eigenvalue weighted by Crippen LogP contribution is -2.08. The summed E-state index contributed by atoms with van der Waals surface area (Å²) in [5.74, 6) is 3.19. The quantitative estimate of drug-likeness (QED) is 0.204. The van der Waals surface area contributed by atoms with E-state index in [1.54, 1.807) is 52.7 Å². The minimum atomic E-state index is -0.0465. The Hall–Kier alpha value is -4.58. The van der Waals surface area contributed by atoms with Crippen molar-refractivity contribution in [2.24, 2.45) is 0 Å². The summed E-state index contributed by atoms with van der Waals surface area (Å²) in [4.78, 5) is 0. The first kappa shape index (κ1) is 27.5. The molecule has 1 atom stereocenters. The largest absolute Gasteiger partial charge is 0.508 e. The number of aryl methyl sites for hydroxylation is 1. The Bertz CT molecular complexity index is 1410. The Morgan fingerprint density at radius 1 is 0.641 bits per heavy atom. The molecule has 6 heteroatoms. The second kappa shape index (κ2) is 12.8. The molecule has 39 heavy (non-hydrogen) atoms. The Kier molecular flexibility index (Phi) is 9.00. The van der Waals surface area contributed by atoms with Gasteiger partial charge in [0.25, 0.3) is 0 Å². The number of ether oxygens (including phenoxy) is 4. The molecule has 1 unspecified atom stereocenters. The van der Waals surface area contributed by atoms with Crippen LogP contribution in [0.4, 0.5) is 0 Å². The molecule has 0 radical (unpaired) electrons. The van der Waals surface area contributed by atoms with Crippen LogP contribution in [0.25, 0.3) is 12.2 Å². The molecule has 0 aromatic heterocycles. The van der Waals surface area contributed by atoms with Crippen LogP contribution < -0.4 is 18.9 Å². The number of hydrogen-bond donors (Lipinski definition) is 2. The zero-order valence-corrected chi connectivity index (χ0v) is 22.7. The summed E-state index contributed by atoms with van der Waals surface area (Å²) in [5.41, 5.74) is 5.04. The normalized spacial score (nSPS) is 11.8. The van der Waals surface area contributed by atoms with Crippen LogP contribution in [-0.2, 0) is 6.42 Å². The van der Waals surface area contributed by atoms with E-state index in [0.717, 1.165) is 45.7 Å². The van der Waals surface area contributed by atoms with Crippen molar-refractivity contribution in [3.63, 3.8) is 0 Å². The molecule has 6 nitrogen and oxygen atoms in total. The highest BCUT2D eigenvalue weighted by molar-refractivity contribution is 5.74. The topological polar surface area (TPSA) is 77.4 Å². The van der Waals surface area contributed by atoms with Crippen molar-refractivity contribution in [3.8, 4) is 34.5 Å². The smallest absolute Gasteiger partial charge is 0.126 e. The molecule has 202 valence electrons. The molecule has 0 amide bonds. The van der Waals surface area contributed by atoms with E-state index >= 15 is 0 Å².